The summed E-state index contributed by atoms with van der Waals surface area (Å²) in [6.45, 7) is 0. The highest BCUT2D eigenvalue weighted by molar-refractivity contribution is 7.98. The summed E-state index contributed by atoms with van der Waals surface area (Å²) < 4.78 is 0. The molecule has 2 aromatic rings. The molecule has 0 bridgehead atoms. The van der Waals surface area contributed by atoms with E-state index in [4.69, 9.17) is 0 Å². The minimum Gasteiger partial charge on any atom is -0.306 e. The van der Waals surface area contributed by atoms with Gasteiger partial charge in [0.1, 0.15) is 5.82 Å². The number of thioether (sulfide) groups is 1. The molecule has 0 amide bonds. The summed E-state index contributed by atoms with van der Waals surface area (Å²) in [6, 6.07) is 8.43. The minimum absolute atomic E-state index is 0.0295. The van der Waals surface area contributed by atoms with Crippen molar-refractivity contribution in [1.29, 1.82) is 0 Å². The highest BCUT2D eigenvalue weighted by Gasteiger charge is 2.24. The maximum absolute atomic E-state index is 12.0. The van der Waals surface area contributed by atoms with E-state index in [1.54, 1.807) is 11.8 Å². The molecule has 1 aromatic carbocycles. The maximum Gasteiger partial charge on any atom is 0.255 e. The van der Waals surface area contributed by atoms with Crippen molar-refractivity contribution in [3.05, 3.63) is 51.4 Å². The Labute approximate surface area is 115 Å². The zero-order chi connectivity index (χ0) is 12.8. The molecule has 4 rings (SSSR count). The van der Waals surface area contributed by atoms with Crippen molar-refractivity contribution in [2.45, 2.75) is 30.3 Å². The van der Waals surface area contributed by atoms with Crippen LogP contribution in [0.15, 0.2) is 29.1 Å². The Bertz CT molecular complexity index is 704. The van der Waals surface area contributed by atoms with Crippen molar-refractivity contribution >= 4 is 11.8 Å². The summed E-state index contributed by atoms with van der Waals surface area (Å²) in [4.78, 5) is 19.6. The Morgan fingerprint density at radius 3 is 3.00 bits per heavy atom. The Balaban J connectivity index is 1.82. The first-order valence-corrected chi connectivity index (χ1v) is 7.77. The molecule has 4 heteroatoms. The van der Waals surface area contributed by atoms with E-state index in [2.05, 4.69) is 28.2 Å². The van der Waals surface area contributed by atoms with Gasteiger partial charge in [-0.05, 0) is 30.4 Å². The molecule has 1 saturated carbocycles. The van der Waals surface area contributed by atoms with Crippen LogP contribution in [0.1, 0.15) is 35.6 Å². The number of benzene rings is 1. The number of rotatable bonds is 2. The molecular formula is C15H14N2OS. The van der Waals surface area contributed by atoms with Crippen molar-refractivity contribution in [2.24, 2.45) is 0 Å². The van der Waals surface area contributed by atoms with Crippen LogP contribution in [0.2, 0.25) is 0 Å². The molecule has 1 aliphatic heterocycles. The summed E-state index contributed by atoms with van der Waals surface area (Å²) in [6.07, 6.45) is 2.57. The molecule has 3 nitrogen and oxygen atoms in total. The second kappa shape index (κ2) is 4.23. The lowest BCUT2D eigenvalue weighted by Gasteiger charge is -2.05. The fourth-order valence-corrected chi connectivity index (χ4v) is 3.59. The van der Waals surface area contributed by atoms with Gasteiger partial charge in [-0.2, -0.15) is 11.8 Å². The van der Waals surface area contributed by atoms with Gasteiger partial charge in [-0.3, -0.25) is 4.79 Å². The lowest BCUT2D eigenvalue weighted by Crippen LogP contribution is -2.15. The third kappa shape index (κ3) is 2.00. The van der Waals surface area contributed by atoms with Crippen LogP contribution in [0.4, 0.5) is 0 Å². The van der Waals surface area contributed by atoms with Crippen LogP contribution in [-0.2, 0) is 11.5 Å². The van der Waals surface area contributed by atoms with Crippen LogP contribution in [0.5, 0.6) is 0 Å². The molecule has 2 heterocycles. The first kappa shape index (κ1) is 11.3. The zero-order valence-electron chi connectivity index (χ0n) is 10.5. The van der Waals surface area contributed by atoms with Crippen molar-refractivity contribution < 1.29 is 0 Å². The van der Waals surface area contributed by atoms with E-state index in [9.17, 15) is 4.79 Å². The van der Waals surface area contributed by atoms with E-state index < -0.39 is 0 Å². The van der Waals surface area contributed by atoms with Gasteiger partial charge >= 0.3 is 0 Å². The second-order valence-corrected chi connectivity index (χ2v) is 6.22. The molecule has 1 aliphatic carbocycles. The molecule has 1 fully saturated rings. The maximum atomic E-state index is 12.0. The molecule has 0 unspecified atom stereocenters. The Hall–Kier alpha value is -1.55. The first-order chi connectivity index (χ1) is 9.31. The number of fused-ring (bicyclic) bond motifs is 1. The molecule has 96 valence electrons. The average Bonchev–Trinajstić information content (AvgIpc) is 3.17. The fourth-order valence-electron chi connectivity index (χ4n) is 2.56. The molecule has 0 radical (unpaired) electrons. The number of aromatic amines is 1. The monoisotopic (exact) mass is 270 g/mol. The molecule has 0 saturated heterocycles. The largest absolute Gasteiger partial charge is 0.306 e. The predicted molar refractivity (Wildman–Crippen MR) is 77.3 cm³/mol. The molecular weight excluding hydrogens is 256 g/mol. The van der Waals surface area contributed by atoms with Crippen molar-refractivity contribution in [3.63, 3.8) is 0 Å². The summed E-state index contributed by atoms with van der Waals surface area (Å²) >= 11 is 1.76. The molecule has 0 atom stereocenters. The fraction of sp³-hybridized carbons (Fsp3) is 0.333. The van der Waals surface area contributed by atoms with Gasteiger partial charge in [0.2, 0.25) is 0 Å². The van der Waals surface area contributed by atoms with E-state index in [1.165, 1.54) is 18.4 Å². The van der Waals surface area contributed by atoms with Crippen LogP contribution in [-0.4, -0.2) is 9.97 Å². The number of H-pyrrole nitrogens is 1. The van der Waals surface area contributed by atoms with Crippen LogP contribution >= 0.6 is 11.8 Å². The lowest BCUT2D eigenvalue weighted by atomic mass is 10.1. The number of nitrogens with zero attached hydrogens (tertiary/aromatic N) is 1. The predicted octanol–water partition coefficient (Wildman–Crippen LogP) is 3.06. The summed E-state index contributed by atoms with van der Waals surface area (Å²) in [7, 11) is 0. The van der Waals surface area contributed by atoms with Gasteiger partial charge in [0.15, 0.2) is 0 Å². The molecule has 2 aliphatic rings. The quantitative estimate of drug-likeness (QED) is 0.912. The van der Waals surface area contributed by atoms with Gasteiger partial charge in [0.05, 0.1) is 5.69 Å². The normalized spacial score (nSPS) is 17.5. The number of hydrogen-bond acceptors (Lipinski definition) is 3. The Morgan fingerprint density at radius 1 is 1.26 bits per heavy atom. The molecule has 19 heavy (non-hydrogen) atoms. The number of aromatic nitrogens is 2. The number of nitrogens with one attached hydrogen (secondary N) is 1. The number of hydrogen-bond donors (Lipinski definition) is 1. The SMILES string of the molecule is O=c1[nH]c(-c2cccc(C3CC3)c2)nc2c1CSC2. The van der Waals surface area contributed by atoms with E-state index in [0.29, 0.717) is 5.82 Å². The third-order valence-corrected chi connectivity index (χ3v) is 4.77. The van der Waals surface area contributed by atoms with Gasteiger partial charge in [0.25, 0.3) is 5.56 Å². The highest BCUT2D eigenvalue weighted by atomic mass is 32.2. The molecule has 0 spiro atoms. The first-order valence-electron chi connectivity index (χ1n) is 6.61. The van der Waals surface area contributed by atoms with E-state index in [0.717, 1.165) is 34.2 Å². The van der Waals surface area contributed by atoms with E-state index >= 15 is 0 Å². The van der Waals surface area contributed by atoms with E-state index in [1.807, 2.05) is 6.07 Å². The van der Waals surface area contributed by atoms with Gasteiger partial charge in [-0.15, -0.1) is 0 Å². The third-order valence-electron chi connectivity index (χ3n) is 3.80. The Morgan fingerprint density at radius 2 is 2.16 bits per heavy atom. The van der Waals surface area contributed by atoms with Crippen molar-refractivity contribution in [2.75, 3.05) is 0 Å². The van der Waals surface area contributed by atoms with Gasteiger partial charge in [-0.25, -0.2) is 4.98 Å². The highest BCUT2D eigenvalue weighted by Crippen LogP contribution is 2.40. The topological polar surface area (TPSA) is 45.8 Å². The summed E-state index contributed by atoms with van der Waals surface area (Å²) in [5, 5.41) is 0. The zero-order valence-corrected chi connectivity index (χ0v) is 11.3. The van der Waals surface area contributed by atoms with Crippen molar-refractivity contribution in [3.8, 4) is 11.4 Å². The van der Waals surface area contributed by atoms with Crippen LogP contribution < -0.4 is 5.56 Å². The van der Waals surface area contributed by atoms with E-state index in [-0.39, 0.29) is 5.56 Å². The van der Waals surface area contributed by atoms with Gasteiger partial charge < -0.3 is 4.98 Å². The minimum atomic E-state index is 0.0295. The average molecular weight is 270 g/mol. The lowest BCUT2D eigenvalue weighted by molar-refractivity contribution is 1.03. The van der Waals surface area contributed by atoms with Crippen LogP contribution in [0.25, 0.3) is 11.4 Å². The summed E-state index contributed by atoms with van der Waals surface area (Å²) in [5.74, 6) is 3.08. The van der Waals surface area contributed by atoms with Crippen LogP contribution in [0, 0.1) is 0 Å². The smallest absolute Gasteiger partial charge is 0.255 e. The second-order valence-electron chi connectivity index (χ2n) is 5.23. The Kier molecular flexibility index (Phi) is 2.52. The van der Waals surface area contributed by atoms with Gasteiger partial charge in [-0.1, -0.05) is 18.2 Å². The van der Waals surface area contributed by atoms with Crippen molar-refractivity contribution in [1.82, 2.24) is 9.97 Å². The summed E-state index contributed by atoms with van der Waals surface area (Å²) in [5.41, 5.74) is 4.24. The standard InChI is InChI=1S/C15H14N2OS/c18-15-12-7-19-8-13(12)16-14(17-15)11-3-1-2-10(6-11)9-4-5-9/h1-3,6,9H,4-5,7-8H2,(H,16,17,18). The van der Waals surface area contributed by atoms with Gasteiger partial charge in [0, 0.05) is 22.6 Å². The molecule has 1 N–H and O–H groups in total. The molecule has 1 aromatic heterocycles. The van der Waals surface area contributed by atoms with Crippen LogP contribution in [0.3, 0.4) is 0 Å².